The second-order valence-electron chi connectivity index (χ2n) is 4.17. The average molecular weight is 225 g/mol. The van der Waals surface area contributed by atoms with E-state index in [1.165, 1.54) is 7.11 Å². The third-order valence-corrected chi connectivity index (χ3v) is 2.63. The zero-order valence-electron chi connectivity index (χ0n) is 10.4. The summed E-state index contributed by atoms with van der Waals surface area (Å²) >= 11 is 0. The lowest BCUT2D eigenvalue weighted by molar-refractivity contribution is 0.382. The Bertz CT molecular complexity index is 339. The van der Waals surface area contributed by atoms with Crippen molar-refractivity contribution in [1.82, 2.24) is 5.32 Å². The zero-order valence-corrected chi connectivity index (χ0v) is 10.4. The maximum Gasteiger partial charge on any atom is 0.165 e. The Morgan fingerprint density at radius 2 is 2.06 bits per heavy atom. The minimum Gasteiger partial charge on any atom is -0.494 e. The molecule has 1 unspecified atom stereocenters. The summed E-state index contributed by atoms with van der Waals surface area (Å²) in [5, 5.41) is 3.36. The third-order valence-electron chi connectivity index (χ3n) is 2.63. The summed E-state index contributed by atoms with van der Waals surface area (Å²) in [5.74, 6) is 0.416. The molecule has 1 aromatic rings. The van der Waals surface area contributed by atoms with E-state index in [1.54, 1.807) is 12.1 Å². The van der Waals surface area contributed by atoms with Crippen LogP contribution in [-0.4, -0.2) is 13.7 Å². The molecule has 0 aromatic heterocycles. The van der Waals surface area contributed by atoms with Crippen LogP contribution in [-0.2, 0) is 0 Å². The van der Waals surface area contributed by atoms with Gasteiger partial charge in [-0.2, -0.15) is 0 Å². The van der Waals surface area contributed by atoms with Gasteiger partial charge in [0.15, 0.2) is 11.6 Å². The molecule has 0 aliphatic carbocycles. The lowest BCUT2D eigenvalue weighted by atomic mass is 9.96. The zero-order chi connectivity index (χ0) is 12.1. The number of halogens is 1. The van der Waals surface area contributed by atoms with Gasteiger partial charge >= 0.3 is 0 Å². The van der Waals surface area contributed by atoms with Crippen LogP contribution in [0.15, 0.2) is 18.2 Å². The molecule has 0 fully saturated rings. The van der Waals surface area contributed by atoms with Crippen molar-refractivity contribution in [2.45, 2.75) is 26.8 Å². The molecule has 16 heavy (non-hydrogen) atoms. The first-order valence-corrected chi connectivity index (χ1v) is 5.67. The van der Waals surface area contributed by atoms with E-state index in [2.05, 4.69) is 26.1 Å². The Balaban J connectivity index is 2.97. The molecule has 0 saturated carbocycles. The number of rotatable bonds is 5. The maximum absolute atomic E-state index is 13.6. The van der Waals surface area contributed by atoms with Gasteiger partial charge in [-0.3, -0.25) is 0 Å². The predicted molar refractivity (Wildman–Crippen MR) is 64.2 cm³/mol. The van der Waals surface area contributed by atoms with Gasteiger partial charge < -0.3 is 10.1 Å². The second-order valence-corrected chi connectivity index (χ2v) is 4.17. The Kier molecular flexibility index (Phi) is 4.74. The van der Waals surface area contributed by atoms with Crippen molar-refractivity contribution in [1.29, 1.82) is 0 Å². The van der Waals surface area contributed by atoms with Crippen LogP contribution < -0.4 is 10.1 Å². The third kappa shape index (κ3) is 2.95. The molecule has 2 nitrogen and oxygen atoms in total. The summed E-state index contributed by atoms with van der Waals surface area (Å²) in [6, 6.07) is 5.32. The van der Waals surface area contributed by atoms with Crippen LogP contribution in [0.1, 0.15) is 32.4 Å². The Labute approximate surface area is 96.8 Å². The molecule has 0 bridgehead atoms. The quantitative estimate of drug-likeness (QED) is 0.831. The number of nitrogens with one attached hydrogen (secondary N) is 1. The van der Waals surface area contributed by atoms with Gasteiger partial charge in [-0.1, -0.05) is 26.8 Å². The van der Waals surface area contributed by atoms with Gasteiger partial charge in [0.05, 0.1) is 7.11 Å². The molecule has 0 aliphatic heterocycles. The molecular weight excluding hydrogens is 205 g/mol. The number of hydrogen-bond acceptors (Lipinski definition) is 2. The van der Waals surface area contributed by atoms with Gasteiger partial charge in [0.25, 0.3) is 0 Å². The molecule has 3 heteroatoms. The molecule has 0 aliphatic rings. The van der Waals surface area contributed by atoms with Crippen LogP contribution in [0.3, 0.4) is 0 Å². The smallest absolute Gasteiger partial charge is 0.165 e. The molecule has 1 aromatic carbocycles. The lowest BCUT2D eigenvalue weighted by Gasteiger charge is -2.22. The number of hydrogen-bond donors (Lipinski definition) is 1. The van der Waals surface area contributed by atoms with Crippen molar-refractivity contribution in [3.8, 4) is 5.75 Å². The summed E-state index contributed by atoms with van der Waals surface area (Å²) in [4.78, 5) is 0. The molecule has 0 spiro atoms. The van der Waals surface area contributed by atoms with Crippen molar-refractivity contribution in [2.24, 2.45) is 5.92 Å². The van der Waals surface area contributed by atoms with Crippen molar-refractivity contribution >= 4 is 0 Å². The van der Waals surface area contributed by atoms with Crippen LogP contribution in [0.4, 0.5) is 4.39 Å². The molecule has 1 rings (SSSR count). The highest BCUT2D eigenvalue weighted by molar-refractivity contribution is 5.31. The molecule has 0 radical (unpaired) electrons. The Morgan fingerprint density at radius 1 is 1.38 bits per heavy atom. The van der Waals surface area contributed by atoms with E-state index in [0.29, 0.717) is 11.7 Å². The Morgan fingerprint density at radius 3 is 2.50 bits per heavy atom. The highest BCUT2D eigenvalue weighted by Crippen LogP contribution is 2.26. The van der Waals surface area contributed by atoms with E-state index in [9.17, 15) is 4.39 Å². The van der Waals surface area contributed by atoms with Crippen molar-refractivity contribution < 1.29 is 9.13 Å². The fraction of sp³-hybridized carbons (Fsp3) is 0.538. The molecule has 0 amide bonds. The minimum absolute atomic E-state index is 0.186. The van der Waals surface area contributed by atoms with Gasteiger partial charge in [-0.25, -0.2) is 4.39 Å². The second kappa shape index (κ2) is 5.85. The molecule has 0 heterocycles. The van der Waals surface area contributed by atoms with Crippen LogP contribution >= 0.6 is 0 Å². The van der Waals surface area contributed by atoms with Gasteiger partial charge in [-0.05, 0) is 30.2 Å². The van der Waals surface area contributed by atoms with E-state index >= 15 is 0 Å². The van der Waals surface area contributed by atoms with E-state index in [1.807, 2.05) is 6.07 Å². The molecule has 90 valence electrons. The van der Waals surface area contributed by atoms with E-state index in [-0.39, 0.29) is 11.9 Å². The van der Waals surface area contributed by atoms with Crippen LogP contribution in [0.25, 0.3) is 0 Å². The summed E-state index contributed by atoms with van der Waals surface area (Å²) in [6.45, 7) is 7.16. The number of methoxy groups -OCH3 is 1. The van der Waals surface area contributed by atoms with Crippen LogP contribution in [0.2, 0.25) is 0 Å². The summed E-state index contributed by atoms with van der Waals surface area (Å²) in [7, 11) is 1.47. The molecular formula is C13H20FNO. The first kappa shape index (κ1) is 13.0. The van der Waals surface area contributed by atoms with Crippen molar-refractivity contribution in [3.05, 3.63) is 29.6 Å². The molecule has 1 atom stereocenters. The monoisotopic (exact) mass is 225 g/mol. The lowest BCUT2D eigenvalue weighted by Crippen LogP contribution is -2.25. The van der Waals surface area contributed by atoms with Crippen LogP contribution in [0.5, 0.6) is 5.75 Å². The molecule has 0 saturated heterocycles. The Hall–Kier alpha value is -1.09. The maximum atomic E-state index is 13.6. The van der Waals surface area contributed by atoms with Gasteiger partial charge in [0, 0.05) is 6.04 Å². The topological polar surface area (TPSA) is 21.3 Å². The van der Waals surface area contributed by atoms with Gasteiger partial charge in [0.1, 0.15) is 0 Å². The van der Waals surface area contributed by atoms with Gasteiger partial charge in [-0.15, -0.1) is 0 Å². The number of ether oxygens (including phenoxy) is 1. The van der Waals surface area contributed by atoms with E-state index < -0.39 is 0 Å². The van der Waals surface area contributed by atoms with E-state index in [0.717, 1.165) is 12.1 Å². The normalized spacial score (nSPS) is 12.9. The van der Waals surface area contributed by atoms with E-state index in [4.69, 9.17) is 4.74 Å². The van der Waals surface area contributed by atoms with Crippen molar-refractivity contribution in [2.75, 3.05) is 13.7 Å². The highest BCUT2D eigenvalue weighted by atomic mass is 19.1. The first-order valence-electron chi connectivity index (χ1n) is 5.67. The summed E-state index contributed by atoms with van der Waals surface area (Å²) in [6.07, 6.45) is 0. The van der Waals surface area contributed by atoms with Crippen LogP contribution in [0, 0.1) is 11.7 Å². The summed E-state index contributed by atoms with van der Waals surface area (Å²) < 4.78 is 18.5. The molecule has 1 N–H and O–H groups in total. The van der Waals surface area contributed by atoms with Gasteiger partial charge in [0.2, 0.25) is 0 Å². The average Bonchev–Trinajstić information content (AvgIpc) is 2.25. The first-order chi connectivity index (χ1) is 7.60. The SMILES string of the molecule is CCNC(c1ccc(OC)c(F)c1)C(C)C. The van der Waals surface area contributed by atoms with Crippen molar-refractivity contribution in [3.63, 3.8) is 0 Å². The highest BCUT2D eigenvalue weighted by Gasteiger charge is 2.16. The standard InChI is InChI=1S/C13H20FNO/c1-5-15-13(9(2)3)10-6-7-12(16-4)11(14)8-10/h6-9,13,15H,5H2,1-4H3. The number of benzene rings is 1. The fourth-order valence-electron chi connectivity index (χ4n) is 1.83. The fourth-order valence-corrected chi connectivity index (χ4v) is 1.83. The predicted octanol–water partition coefficient (Wildman–Crippen LogP) is 3.14. The summed E-state index contributed by atoms with van der Waals surface area (Å²) in [5.41, 5.74) is 0.968. The minimum atomic E-state index is -0.302. The largest absolute Gasteiger partial charge is 0.494 e.